The molecule has 0 saturated carbocycles. The first-order chi connectivity index (χ1) is 13.2. The van der Waals surface area contributed by atoms with Gasteiger partial charge in [-0.25, -0.2) is 4.98 Å². The molecule has 0 spiro atoms. The number of thiazole rings is 1. The largest absolute Gasteiger partial charge is 0.347 e. The molecule has 3 aromatic heterocycles. The van der Waals surface area contributed by atoms with E-state index in [9.17, 15) is 4.79 Å². The summed E-state index contributed by atoms with van der Waals surface area (Å²) < 4.78 is 6.33. The van der Waals surface area contributed by atoms with Gasteiger partial charge >= 0.3 is 0 Å². The number of carbonyl (C=O) groups is 1. The number of hydrogen-bond donors (Lipinski definition) is 1. The van der Waals surface area contributed by atoms with Crippen molar-refractivity contribution in [2.24, 2.45) is 0 Å². The van der Waals surface area contributed by atoms with E-state index in [2.05, 4.69) is 25.4 Å². The monoisotopic (exact) mass is 379 g/mol. The van der Waals surface area contributed by atoms with E-state index >= 15 is 0 Å². The predicted molar refractivity (Wildman–Crippen MR) is 102 cm³/mol. The summed E-state index contributed by atoms with van der Waals surface area (Å²) in [5, 5.41) is 7.80. The topological polar surface area (TPSA) is 93.8 Å². The van der Waals surface area contributed by atoms with Gasteiger partial charge in [0.25, 0.3) is 0 Å². The van der Waals surface area contributed by atoms with Gasteiger partial charge in [0.2, 0.25) is 17.6 Å². The van der Waals surface area contributed by atoms with E-state index in [1.54, 1.807) is 23.7 Å². The molecule has 7 nitrogen and oxygen atoms in total. The van der Waals surface area contributed by atoms with Crippen LogP contribution in [0.15, 0.2) is 53.3 Å². The van der Waals surface area contributed by atoms with Gasteiger partial charge in [0.15, 0.2) is 0 Å². The zero-order valence-electron chi connectivity index (χ0n) is 14.6. The lowest BCUT2D eigenvalue weighted by Crippen LogP contribution is -2.26. The van der Waals surface area contributed by atoms with Crippen molar-refractivity contribution < 1.29 is 9.32 Å². The summed E-state index contributed by atoms with van der Waals surface area (Å²) in [7, 11) is 0. The third-order valence-corrected chi connectivity index (χ3v) is 5.23. The van der Waals surface area contributed by atoms with Gasteiger partial charge in [0.1, 0.15) is 5.01 Å². The van der Waals surface area contributed by atoms with Gasteiger partial charge in [-0.1, -0.05) is 17.3 Å². The van der Waals surface area contributed by atoms with E-state index in [0.29, 0.717) is 18.1 Å². The number of nitrogens with one attached hydrogen (secondary N) is 1. The average Bonchev–Trinajstić information content (AvgIpc) is 3.34. The zero-order chi connectivity index (χ0) is 18.6. The van der Waals surface area contributed by atoms with Crippen LogP contribution in [-0.4, -0.2) is 26.0 Å². The highest BCUT2D eigenvalue weighted by molar-refractivity contribution is 7.18. The van der Waals surface area contributed by atoms with Gasteiger partial charge in [-0.15, -0.1) is 11.3 Å². The van der Waals surface area contributed by atoms with Crippen LogP contribution in [0.5, 0.6) is 0 Å². The van der Waals surface area contributed by atoms with Crippen LogP contribution in [0.2, 0.25) is 0 Å². The molecule has 1 N–H and O–H groups in total. The standard InChI is InChI=1S/C19H17N5O2S/c1-12(19-22-14-6-2-3-7-15(14)27-19)21-16(25)8-9-17-23-18(24-26-17)13-5-4-10-20-11-13/h2-7,10-12H,8-9H2,1H3,(H,21,25)/t12-/m0/s1. The fraction of sp³-hybridized carbons (Fsp3) is 0.211. The number of fused-ring (bicyclic) bond motifs is 1. The lowest BCUT2D eigenvalue weighted by atomic mass is 10.2. The molecule has 4 aromatic rings. The summed E-state index contributed by atoms with van der Waals surface area (Å²) in [6, 6.07) is 11.5. The Hall–Kier alpha value is -3.13. The molecule has 136 valence electrons. The molecule has 0 radical (unpaired) electrons. The third-order valence-electron chi connectivity index (χ3n) is 4.01. The van der Waals surface area contributed by atoms with Crippen LogP contribution >= 0.6 is 11.3 Å². The smallest absolute Gasteiger partial charge is 0.227 e. The maximum atomic E-state index is 12.3. The second-order valence-electron chi connectivity index (χ2n) is 6.06. The Morgan fingerprint density at radius 2 is 2.11 bits per heavy atom. The van der Waals surface area contributed by atoms with Crippen LogP contribution in [-0.2, 0) is 11.2 Å². The van der Waals surface area contributed by atoms with Crippen molar-refractivity contribution in [2.45, 2.75) is 25.8 Å². The SMILES string of the molecule is C[C@H](NC(=O)CCc1nc(-c2cccnc2)no1)c1nc2ccccc2s1. The minimum atomic E-state index is -0.150. The number of aromatic nitrogens is 4. The van der Waals surface area contributed by atoms with E-state index in [-0.39, 0.29) is 18.4 Å². The maximum absolute atomic E-state index is 12.3. The summed E-state index contributed by atoms with van der Waals surface area (Å²) in [4.78, 5) is 25.2. The lowest BCUT2D eigenvalue weighted by Gasteiger charge is -2.10. The maximum Gasteiger partial charge on any atom is 0.227 e. The van der Waals surface area contributed by atoms with Gasteiger partial charge < -0.3 is 9.84 Å². The van der Waals surface area contributed by atoms with Crippen molar-refractivity contribution in [2.75, 3.05) is 0 Å². The van der Waals surface area contributed by atoms with E-state index in [1.165, 1.54) is 0 Å². The van der Waals surface area contributed by atoms with E-state index in [0.717, 1.165) is 20.8 Å². The van der Waals surface area contributed by atoms with Crippen molar-refractivity contribution in [3.8, 4) is 11.4 Å². The van der Waals surface area contributed by atoms with Crippen molar-refractivity contribution in [3.05, 3.63) is 59.7 Å². The highest BCUT2D eigenvalue weighted by Gasteiger charge is 2.15. The molecule has 4 rings (SSSR count). The van der Waals surface area contributed by atoms with Gasteiger partial charge in [0.05, 0.1) is 16.3 Å². The Labute approximate surface area is 159 Å². The number of nitrogens with zero attached hydrogens (tertiary/aromatic N) is 4. The Balaban J connectivity index is 1.33. The van der Waals surface area contributed by atoms with Crippen LogP contribution < -0.4 is 5.32 Å². The number of para-hydroxylation sites is 1. The highest BCUT2D eigenvalue weighted by Crippen LogP contribution is 2.26. The fourth-order valence-electron chi connectivity index (χ4n) is 2.64. The van der Waals surface area contributed by atoms with Gasteiger partial charge in [0, 0.05) is 30.8 Å². The quantitative estimate of drug-likeness (QED) is 0.551. The normalized spacial score (nSPS) is 12.2. The zero-order valence-corrected chi connectivity index (χ0v) is 15.4. The number of aryl methyl sites for hydroxylation is 1. The second-order valence-corrected chi connectivity index (χ2v) is 7.12. The highest BCUT2D eigenvalue weighted by atomic mass is 32.1. The number of amides is 1. The first-order valence-electron chi connectivity index (χ1n) is 8.57. The molecule has 8 heteroatoms. The molecular formula is C19H17N5O2S. The van der Waals surface area contributed by atoms with Crippen molar-refractivity contribution in [3.63, 3.8) is 0 Å². The molecule has 0 unspecified atom stereocenters. The molecule has 3 heterocycles. The summed E-state index contributed by atoms with van der Waals surface area (Å²) >= 11 is 1.59. The Morgan fingerprint density at radius 1 is 1.22 bits per heavy atom. The molecule has 0 bridgehead atoms. The molecule has 0 saturated heterocycles. The third kappa shape index (κ3) is 4.01. The number of hydrogen-bond acceptors (Lipinski definition) is 7. The van der Waals surface area contributed by atoms with Crippen LogP contribution in [0.4, 0.5) is 0 Å². The number of pyridine rings is 1. The first kappa shape index (κ1) is 17.3. The summed E-state index contributed by atoms with van der Waals surface area (Å²) in [6.45, 7) is 1.93. The molecule has 1 amide bonds. The van der Waals surface area contributed by atoms with Crippen LogP contribution in [0, 0.1) is 0 Å². The molecule has 0 aliphatic rings. The second kappa shape index (κ2) is 7.63. The minimum absolute atomic E-state index is 0.0807. The van der Waals surface area contributed by atoms with Crippen molar-refractivity contribution >= 4 is 27.5 Å². The van der Waals surface area contributed by atoms with Gasteiger partial charge in [-0.05, 0) is 31.2 Å². The van der Waals surface area contributed by atoms with Crippen molar-refractivity contribution in [1.29, 1.82) is 0 Å². The van der Waals surface area contributed by atoms with Crippen LogP contribution in [0.3, 0.4) is 0 Å². The van der Waals surface area contributed by atoms with Crippen molar-refractivity contribution in [1.82, 2.24) is 25.4 Å². The molecular weight excluding hydrogens is 362 g/mol. The molecule has 0 fully saturated rings. The molecule has 1 aromatic carbocycles. The number of rotatable bonds is 6. The Kier molecular flexibility index (Phi) is 4.88. The first-order valence-corrected chi connectivity index (χ1v) is 9.38. The number of benzene rings is 1. The van der Waals surface area contributed by atoms with E-state index in [4.69, 9.17) is 4.52 Å². The van der Waals surface area contributed by atoms with Gasteiger partial charge in [-0.3, -0.25) is 9.78 Å². The molecule has 27 heavy (non-hydrogen) atoms. The molecule has 1 atom stereocenters. The Bertz CT molecular complexity index is 1030. The van der Waals surface area contributed by atoms with E-state index in [1.807, 2.05) is 43.3 Å². The molecule has 0 aliphatic carbocycles. The van der Waals surface area contributed by atoms with Gasteiger partial charge in [-0.2, -0.15) is 4.98 Å². The van der Waals surface area contributed by atoms with E-state index < -0.39 is 0 Å². The summed E-state index contributed by atoms with van der Waals surface area (Å²) in [6.07, 6.45) is 4.00. The Morgan fingerprint density at radius 3 is 2.93 bits per heavy atom. The van der Waals surface area contributed by atoms with Crippen LogP contribution in [0.1, 0.15) is 30.3 Å². The fourth-order valence-corrected chi connectivity index (χ4v) is 3.61. The number of carbonyl (C=O) groups excluding carboxylic acids is 1. The predicted octanol–water partition coefficient (Wildman–Crippen LogP) is 3.55. The average molecular weight is 379 g/mol. The minimum Gasteiger partial charge on any atom is -0.347 e. The summed E-state index contributed by atoms with van der Waals surface area (Å²) in [5.74, 6) is 0.820. The molecule has 0 aliphatic heterocycles. The lowest BCUT2D eigenvalue weighted by molar-refractivity contribution is -0.121. The van der Waals surface area contributed by atoms with Crippen LogP contribution in [0.25, 0.3) is 21.6 Å². The summed E-state index contributed by atoms with van der Waals surface area (Å²) in [5.41, 5.74) is 1.73.